The molecule has 0 bridgehead atoms. The number of nitrogens with zero attached hydrogens (tertiary/aromatic N) is 2. The second-order valence-corrected chi connectivity index (χ2v) is 5.48. The normalized spacial score (nSPS) is 20.8. The lowest BCUT2D eigenvalue weighted by atomic mass is 10.2. The van der Waals surface area contributed by atoms with Crippen LogP contribution in [0.5, 0.6) is 0 Å². The molecule has 114 valence electrons. The summed E-state index contributed by atoms with van der Waals surface area (Å²) in [6, 6.07) is 0. The first kappa shape index (κ1) is 14.2. The Morgan fingerprint density at radius 1 is 1.52 bits per heavy atom. The molecule has 2 aliphatic rings. The van der Waals surface area contributed by atoms with E-state index in [-0.39, 0.29) is 24.2 Å². The molecule has 1 saturated heterocycles. The largest absolute Gasteiger partial charge is 0.376 e. The van der Waals surface area contributed by atoms with Crippen LogP contribution in [0.3, 0.4) is 0 Å². The first-order chi connectivity index (χ1) is 10.1. The summed E-state index contributed by atoms with van der Waals surface area (Å²) in [6.45, 7) is 3.66. The van der Waals surface area contributed by atoms with E-state index in [0.717, 1.165) is 19.4 Å². The molecule has 0 aliphatic carbocycles. The molecule has 7 nitrogen and oxygen atoms in total. The molecule has 0 radical (unpaired) electrons. The van der Waals surface area contributed by atoms with Gasteiger partial charge in [-0.15, -0.1) is 0 Å². The fourth-order valence-corrected chi connectivity index (χ4v) is 2.71. The lowest BCUT2D eigenvalue weighted by Crippen LogP contribution is -2.31. The topological polar surface area (TPSA) is 84.5 Å². The Morgan fingerprint density at radius 3 is 3.14 bits per heavy atom. The monoisotopic (exact) mass is 293 g/mol. The minimum Gasteiger partial charge on any atom is -0.376 e. The molecule has 1 amide bonds. The minimum absolute atomic E-state index is 0.0186. The van der Waals surface area contributed by atoms with Crippen LogP contribution in [0.4, 0.5) is 0 Å². The Morgan fingerprint density at radius 2 is 2.38 bits per heavy atom. The Kier molecular flexibility index (Phi) is 4.03. The first-order valence-corrected chi connectivity index (χ1v) is 7.19. The number of aryl methyl sites for hydroxylation is 1. The van der Waals surface area contributed by atoms with Crippen molar-refractivity contribution in [3.8, 4) is 0 Å². The van der Waals surface area contributed by atoms with Gasteiger partial charge in [-0.3, -0.25) is 9.59 Å². The summed E-state index contributed by atoms with van der Waals surface area (Å²) in [5, 5.41) is 0. The third-order valence-electron chi connectivity index (χ3n) is 3.82. The molecule has 0 unspecified atom stereocenters. The lowest BCUT2D eigenvalue weighted by Gasteiger charge is -2.16. The van der Waals surface area contributed by atoms with E-state index in [2.05, 4.69) is 9.97 Å². The molecule has 0 aromatic carbocycles. The van der Waals surface area contributed by atoms with Crippen molar-refractivity contribution in [1.82, 2.24) is 14.9 Å². The summed E-state index contributed by atoms with van der Waals surface area (Å²) in [5.74, 6) is 0.450. The smallest absolute Gasteiger partial charge is 0.256 e. The highest BCUT2D eigenvalue weighted by atomic mass is 16.5. The average molecular weight is 293 g/mol. The summed E-state index contributed by atoms with van der Waals surface area (Å²) < 4.78 is 10.9. The molecule has 21 heavy (non-hydrogen) atoms. The standard InChI is InChI=1S/C14H19N3O4/c1-9-15-12-6-17(5-11(12)14(19)16-9)13(18)8-20-7-10-3-2-4-21-10/h10H,2-8H2,1H3,(H,15,16,19)/t10-/m0/s1. The van der Waals surface area contributed by atoms with Crippen molar-refractivity contribution in [3.05, 3.63) is 27.4 Å². The predicted molar refractivity (Wildman–Crippen MR) is 73.6 cm³/mol. The Labute approximate surface area is 122 Å². The van der Waals surface area contributed by atoms with Gasteiger partial charge in [0.15, 0.2) is 0 Å². The van der Waals surface area contributed by atoms with Gasteiger partial charge in [0.2, 0.25) is 5.91 Å². The van der Waals surface area contributed by atoms with Crippen molar-refractivity contribution in [2.45, 2.75) is 39.0 Å². The summed E-state index contributed by atoms with van der Waals surface area (Å²) in [7, 11) is 0. The second kappa shape index (κ2) is 5.95. The van der Waals surface area contributed by atoms with E-state index >= 15 is 0 Å². The molecule has 0 spiro atoms. The van der Waals surface area contributed by atoms with Crippen molar-refractivity contribution >= 4 is 5.91 Å². The summed E-state index contributed by atoms with van der Waals surface area (Å²) in [4.78, 5) is 32.4. The Bertz CT molecular complexity index is 592. The van der Waals surface area contributed by atoms with Gasteiger partial charge in [-0.2, -0.15) is 0 Å². The van der Waals surface area contributed by atoms with E-state index in [1.54, 1.807) is 11.8 Å². The van der Waals surface area contributed by atoms with Gasteiger partial charge < -0.3 is 19.4 Å². The van der Waals surface area contributed by atoms with Crippen LogP contribution in [0.15, 0.2) is 4.79 Å². The number of fused-ring (bicyclic) bond motifs is 1. The molecule has 1 aromatic rings. The SMILES string of the molecule is Cc1nc2c(c(=O)[nH]1)CN(C(=O)COC[C@@H]1CCCO1)C2. The fourth-order valence-electron chi connectivity index (χ4n) is 2.71. The fraction of sp³-hybridized carbons (Fsp3) is 0.643. The van der Waals surface area contributed by atoms with Gasteiger partial charge in [-0.1, -0.05) is 0 Å². The van der Waals surface area contributed by atoms with Crippen LogP contribution in [0.1, 0.15) is 29.9 Å². The second-order valence-electron chi connectivity index (χ2n) is 5.48. The first-order valence-electron chi connectivity index (χ1n) is 7.19. The number of ether oxygens (including phenoxy) is 2. The summed E-state index contributed by atoms with van der Waals surface area (Å²) >= 11 is 0. The Balaban J connectivity index is 1.53. The Hall–Kier alpha value is -1.73. The molecular weight excluding hydrogens is 274 g/mol. The zero-order chi connectivity index (χ0) is 14.8. The van der Waals surface area contributed by atoms with Crippen LogP contribution in [0.25, 0.3) is 0 Å². The van der Waals surface area contributed by atoms with Crippen molar-refractivity contribution in [2.24, 2.45) is 0 Å². The number of aromatic nitrogens is 2. The highest BCUT2D eigenvalue weighted by molar-refractivity contribution is 5.78. The van der Waals surface area contributed by atoms with Gasteiger partial charge >= 0.3 is 0 Å². The number of H-pyrrole nitrogens is 1. The van der Waals surface area contributed by atoms with Crippen LogP contribution >= 0.6 is 0 Å². The molecule has 1 aromatic heterocycles. The van der Waals surface area contributed by atoms with Gasteiger partial charge in [-0.05, 0) is 19.8 Å². The molecular formula is C14H19N3O4. The van der Waals surface area contributed by atoms with E-state index < -0.39 is 0 Å². The van der Waals surface area contributed by atoms with Gasteiger partial charge in [0.1, 0.15) is 12.4 Å². The quantitative estimate of drug-likeness (QED) is 0.852. The number of amides is 1. The van der Waals surface area contributed by atoms with Crippen molar-refractivity contribution in [1.29, 1.82) is 0 Å². The van der Waals surface area contributed by atoms with Gasteiger partial charge in [0.05, 0.1) is 37.1 Å². The van der Waals surface area contributed by atoms with Crippen molar-refractivity contribution < 1.29 is 14.3 Å². The lowest BCUT2D eigenvalue weighted by molar-refractivity contribution is -0.137. The van der Waals surface area contributed by atoms with Crippen LogP contribution in [0.2, 0.25) is 0 Å². The van der Waals surface area contributed by atoms with E-state index in [0.29, 0.717) is 36.8 Å². The maximum Gasteiger partial charge on any atom is 0.256 e. The van der Waals surface area contributed by atoms with Crippen LogP contribution in [-0.2, 0) is 27.4 Å². The number of nitrogens with one attached hydrogen (secondary N) is 1. The molecule has 1 N–H and O–H groups in total. The molecule has 3 rings (SSSR count). The van der Waals surface area contributed by atoms with E-state index in [9.17, 15) is 9.59 Å². The maximum atomic E-state index is 12.1. The van der Waals surface area contributed by atoms with Crippen molar-refractivity contribution in [3.63, 3.8) is 0 Å². The number of carbonyl (C=O) groups excluding carboxylic acids is 1. The molecule has 2 aliphatic heterocycles. The summed E-state index contributed by atoms with van der Waals surface area (Å²) in [5.41, 5.74) is 1.10. The summed E-state index contributed by atoms with van der Waals surface area (Å²) in [6.07, 6.45) is 2.15. The van der Waals surface area contributed by atoms with Crippen molar-refractivity contribution in [2.75, 3.05) is 19.8 Å². The third kappa shape index (κ3) is 3.14. The molecule has 1 fully saturated rings. The number of hydrogen-bond acceptors (Lipinski definition) is 5. The minimum atomic E-state index is -0.159. The van der Waals surface area contributed by atoms with Crippen LogP contribution in [-0.4, -0.2) is 46.7 Å². The number of rotatable bonds is 4. The third-order valence-corrected chi connectivity index (χ3v) is 3.82. The predicted octanol–water partition coefficient (Wildman–Crippen LogP) is 0.116. The maximum absolute atomic E-state index is 12.1. The molecule has 3 heterocycles. The van der Waals surface area contributed by atoms with E-state index in [4.69, 9.17) is 9.47 Å². The zero-order valence-electron chi connectivity index (χ0n) is 12.1. The van der Waals surface area contributed by atoms with Crippen LogP contribution in [0, 0.1) is 6.92 Å². The number of carbonyl (C=O) groups is 1. The molecule has 7 heteroatoms. The van der Waals surface area contributed by atoms with Gasteiger partial charge in [-0.25, -0.2) is 4.98 Å². The molecule has 1 atom stereocenters. The van der Waals surface area contributed by atoms with E-state index in [1.165, 1.54) is 0 Å². The van der Waals surface area contributed by atoms with Crippen LogP contribution < -0.4 is 5.56 Å². The zero-order valence-corrected chi connectivity index (χ0v) is 12.1. The number of hydrogen-bond donors (Lipinski definition) is 1. The highest BCUT2D eigenvalue weighted by Crippen LogP contribution is 2.18. The van der Waals surface area contributed by atoms with Gasteiger partial charge in [0.25, 0.3) is 5.56 Å². The number of aromatic amines is 1. The van der Waals surface area contributed by atoms with Gasteiger partial charge in [0, 0.05) is 6.61 Å². The average Bonchev–Trinajstić information content (AvgIpc) is 3.07. The highest BCUT2D eigenvalue weighted by Gasteiger charge is 2.27. The van der Waals surface area contributed by atoms with E-state index in [1.807, 2.05) is 0 Å². The molecule has 0 saturated carbocycles.